The van der Waals surface area contributed by atoms with E-state index in [4.69, 9.17) is 10.2 Å². The Kier molecular flexibility index (Phi) is 6.42. The van der Waals surface area contributed by atoms with Crippen LogP contribution in [0.25, 0.3) is 50.7 Å². The minimum Gasteiger partial charge on any atom is -0.275 e. The monoisotopic (exact) mass is 505 g/mol. The van der Waals surface area contributed by atoms with Gasteiger partial charge in [-0.1, -0.05) is 130 Å². The third-order valence-corrected chi connectivity index (χ3v) is 7.11. The summed E-state index contributed by atoms with van der Waals surface area (Å²) in [4.78, 5) is 0. The SMILES string of the molecule is CC(C)(C)c1cccc(-c2nnc(-c3cccc(-c4ccc(-c5ccccc5)cc4)c3)n2-c2ccccc2)c1. The molecular formula is C36H31N3. The Balaban J connectivity index is 1.43. The first kappa shape index (κ1) is 24.6. The van der Waals surface area contributed by atoms with E-state index in [0.29, 0.717) is 0 Å². The summed E-state index contributed by atoms with van der Waals surface area (Å²) in [6, 6.07) is 46.8. The van der Waals surface area contributed by atoms with E-state index in [1.165, 1.54) is 22.3 Å². The van der Waals surface area contributed by atoms with Gasteiger partial charge >= 0.3 is 0 Å². The van der Waals surface area contributed by atoms with Gasteiger partial charge in [-0.15, -0.1) is 10.2 Å². The van der Waals surface area contributed by atoms with Gasteiger partial charge in [0.05, 0.1) is 0 Å². The highest BCUT2D eigenvalue weighted by Gasteiger charge is 2.20. The molecule has 0 unspecified atom stereocenters. The smallest absolute Gasteiger partial charge is 0.168 e. The van der Waals surface area contributed by atoms with Crippen LogP contribution in [0.15, 0.2) is 133 Å². The largest absolute Gasteiger partial charge is 0.275 e. The number of para-hydroxylation sites is 1. The van der Waals surface area contributed by atoms with Crippen molar-refractivity contribution in [1.82, 2.24) is 14.8 Å². The summed E-state index contributed by atoms with van der Waals surface area (Å²) >= 11 is 0. The van der Waals surface area contributed by atoms with Crippen LogP contribution in [0.5, 0.6) is 0 Å². The second-order valence-electron chi connectivity index (χ2n) is 10.9. The van der Waals surface area contributed by atoms with Crippen molar-refractivity contribution >= 4 is 0 Å². The molecule has 1 heterocycles. The van der Waals surface area contributed by atoms with Gasteiger partial charge in [0.1, 0.15) is 0 Å². The molecule has 0 aliphatic carbocycles. The Morgan fingerprint density at radius 1 is 0.436 bits per heavy atom. The highest BCUT2D eigenvalue weighted by Crippen LogP contribution is 2.33. The fourth-order valence-corrected chi connectivity index (χ4v) is 4.93. The van der Waals surface area contributed by atoms with Gasteiger partial charge in [0.2, 0.25) is 0 Å². The molecule has 6 rings (SSSR count). The standard InChI is InChI=1S/C36H31N3/c1-36(2,3)32-17-11-16-31(25-32)35-38-37-34(39(35)33-18-8-5-9-19-33)30-15-10-14-29(24-30)28-22-20-27(21-23-28)26-12-6-4-7-13-26/h4-25H,1-3H3. The Bertz CT molecular complexity index is 1710. The summed E-state index contributed by atoms with van der Waals surface area (Å²) in [6.07, 6.45) is 0. The van der Waals surface area contributed by atoms with E-state index in [1.807, 2.05) is 12.1 Å². The zero-order valence-electron chi connectivity index (χ0n) is 22.5. The molecule has 0 fully saturated rings. The molecule has 0 N–H and O–H groups in total. The third kappa shape index (κ3) is 5.04. The third-order valence-electron chi connectivity index (χ3n) is 7.11. The van der Waals surface area contributed by atoms with Crippen LogP contribution in [0.3, 0.4) is 0 Å². The first-order valence-electron chi connectivity index (χ1n) is 13.4. The van der Waals surface area contributed by atoms with E-state index >= 15 is 0 Å². The molecule has 0 atom stereocenters. The predicted octanol–water partition coefficient (Wildman–Crippen LogP) is 9.23. The number of hydrogen-bond donors (Lipinski definition) is 0. The molecule has 0 radical (unpaired) electrons. The van der Waals surface area contributed by atoms with Crippen LogP contribution in [-0.4, -0.2) is 14.8 Å². The lowest BCUT2D eigenvalue weighted by molar-refractivity contribution is 0.590. The second kappa shape index (κ2) is 10.2. The molecule has 3 nitrogen and oxygen atoms in total. The molecule has 0 bridgehead atoms. The zero-order chi connectivity index (χ0) is 26.8. The van der Waals surface area contributed by atoms with Crippen LogP contribution in [0, 0.1) is 0 Å². The lowest BCUT2D eigenvalue weighted by atomic mass is 9.86. The lowest BCUT2D eigenvalue weighted by Gasteiger charge is -2.20. The molecular weight excluding hydrogens is 474 g/mol. The van der Waals surface area contributed by atoms with Crippen molar-refractivity contribution in [3.63, 3.8) is 0 Å². The van der Waals surface area contributed by atoms with Crippen molar-refractivity contribution in [3.8, 4) is 50.7 Å². The van der Waals surface area contributed by atoms with E-state index in [0.717, 1.165) is 34.0 Å². The topological polar surface area (TPSA) is 30.7 Å². The fraction of sp³-hybridized carbons (Fsp3) is 0.111. The van der Waals surface area contributed by atoms with Crippen molar-refractivity contribution in [2.75, 3.05) is 0 Å². The summed E-state index contributed by atoms with van der Waals surface area (Å²) in [7, 11) is 0. The Morgan fingerprint density at radius 3 is 1.51 bits per heavy atom. The van der Waals surface area contributed by atoms with Gasteiger partial charge in [0, 0.05) is 16.8 Å². The molecule has 1 aromatic heterocycles. The van der Waals surface area contributed by atoms with E-state index in [1.54, 1.807) is 0 Å². The number of hydrogen-bond acceptors (Lipinski definition) is 2. The van der Waals surface area contributed by atoms with Crippen molar-refractivity contribution in [3.05, 3.63) is 139 Å². The molecule has 39 heavy (non-hydrogen) atoms. The summed E-state index contributed by atoms with van der Waals surface area (Å²) in [5.41, 5.74) is 9.16. The van der Waals surface area contributed by atoms with Gasteiger partial charge in [-0.2, -0.15) is 0 Å². The van der Waals surface area contributed by atoms with Crippen molar-refractivity contribution in [1.29, 1.82) is 0 Å². The normalized spacial score (nSPS) is 11.5. The van der Waals surface area contributed by atoms with Crippen molar-refractivity contribution in [2.45, 2.75) is 26.2 Å². The molecule has 6 aromatic rings. The summed E-state index contributed by atoms with van der Waals surface area (Å²) in [6.45, 7) is 6.70. The average Bonchev–Trinajstić information content (AvgIpc) is 3.43. The van der Waals surface area contributed by atoms with E-state index in [9.17, 15) is 0 Å². The fourth-order valence-electron chi connectivity index (χ4n) is 4.93. The summed E-state index contributed by atoms with van der Waals surface area (Å²) in [5.74, 6) is 1.65. The van der Waals surface area contributed by atoms with Gasteiger partial charge < -0.3 is 0 Å². The summed E-state index contributed by atoms with van der Waals surface area (Å²) < 4.78 is 2.17. The van der Waals surface area contributed by atoms with Crippen LogP contribution >= 0.6 is 0 Å². The molecule has 0 aliphatic rings. The van der Waals surface area contributed by atoms with Crippen LogP contribution in [-0.2, 0) is 5.41 Å². The molecule has 5 aromatic carbocycles. The maximum atomic E-state index is 4.73. The quantitative estimate of drug-likeness (QED) is 0.234. The Labute approximate surface area is 230 Å². The lowest BCUT2D eigenvalue weighted by Crippen LogP contribution is -2.11. The first-order chi connectivity index (χ1) is 19.0. The second-order valence-corrected chi connectivity index (χ2v) is 10.9. The van der Waals surface area contributed by atoms with Gasteiger partial charge in [0.15, 0.2) is 11.6 Å². The number of aromatic nitrogens is 3. The highest BCUT2D eigenvalue weighted by atomic mass is 15.3. The number of benzene rings is 5. The molecule has 3 heteroatoms. The van der Waals surface area contributed by atoms with Crippen molar-refractivity contribution < 1.29 is 0 Å². The average molecular weight is 506 g/mol. The molecule has 0 saturated heterocycles. The maximum absolute atomic E-state index is 4.73. The van der Waals surface area contributed by atoms with Crippen LogP contribution in [0.2, 0.25) is 0 Å². The molecule has 0 aliphatic heterocycles. The van der Waals surface area contributed by atoms with Crippen LogP contribution in [0.4, 0.5) is 0 Å². The predicted molar refractivity (Wildman–Crippen MR) is 162 cm³/mol. The molecule has 0 saturated carbocycles. The number of nitrogens with zero attached hydrogens (tertiary/aromatic N) is 3. The first-order valence-corrected chi connectivity index (χ1v) is 13.4. The van der Waals surface area contributed by atoms with Gasteiger partial charge in [-0.3, -0.25) is 4.57 Å². The molecule has 0 spiro atoms. The number of rotatable bonds is 5. The zero-order valence-corrected chi connectivity index (χ0v) is 22.5. The van der Waals surface area contributed by atoms with E-state index in [-0.39, 0.29) is 5.41 Å². The highest BCUT2D eigenvalue weighted by molar-refractivity contribution is 5.75. The Hall–Kier alpha value is -4.76. The van der Waals surface area contributed by atoms with Crippen molar-refractivity contribution in [2.24, 2.45) is 0 Å². The van der Waals surface area contributed by atoms with Gasteiger partial charge in [0.25, 0.3) is 0 Å². The van der Waals surface area contributed by atoms with E-state index in [2.05, 4.69) is 147 Å². The summed E-state index contributed by atoms with van der Waals surface area (Å²) in [5, 5.41) is 9.46. The van der Waals surface area contributed by atoms with Gasteiger partial charge in [-0.05, 0) is 57.5 Å². The maximum Gasteiger partial charge on any atom is 0.168 e. The molecule has 0 amide bonds. The molecule has 190 valence electrons. The minimum atomic E-state index is 0.0425. The van der Waals surface area contributed by atoms with Crippen LogP contribution < -0.4 is 0 Å². The van der Waals surface area contributed by atoms with E-state index < -0.39 is 0 Å². The minimum absolute atomic E-state index is 0.0425. The van der Waals surface area contributed by atoms with Gasteiger partial charge in [-0.25, -0.2) is 0 Å². The van der Waals surface area contributed by atoms with Crippen LogP contribution in [0.1, 0.15) is 26.3 Å². The Morgan fingerprint density at radius 2 is 0.897 bits per heavy atom.